The first-order chi connectivity index (χ1) is 23.6. The maximum Gasteiger partial charge on any atom is 0.162 e. The Labute approximate surface area is 324 Å². The van der Waals surface area contributed by atoms with E-state index in [9.17, 15) is 9.90 Å². The number of carbonyl (C=O) groups excluding carboxylic acids is 1. The molecule has 0 aliphatic heterocycles. The van der Waals surface area contributed by atoms with Gasteiger partial charge in [-0.25, -0.2) is 0 Å². The van der Waals surface area contributed by atoms with Crippen LogP contribution in [0.2, 0.25) is 0 Å². The minimum absolute atomic E-state index is 0. The van der Waals surface area contributed by atoms with Crippen molar-refractivity contribution in [3.05, 3.63) is 89.3 Å². The molecular weight excluding hydrogens is 823 g/mol. The summed E-state index contributed by atoms with van der Waals surface area (Å²) in [4.78, 5) is 16.7. The molecule has 51 heavy (non-hydrogen) atoms. The topological polar surface area (TPSA) is 50.2 Å². The van der Waals surface area contributed by atoms with Crippen LogP contribution < -0.4 is 0 Å². The number of carbonyl (C=O) groups is 1. The zero-order valence-corrected chi connectivity index (χ0v) is 35.9. The van der Waals surface area contributed by atoms with Gasteiger partial charge in [-0.2, -0.15) is 0 Å². The number of aliphatic hydroxyl groups is 1. The Bertz CT molecular complexity index is 2040. The number of allylic oxidation sites excluding steroid dienone is 2. The van der Waals surface area contributed by atoms with E-state index in [0.717, 1.165) is 42.3 Å². The summed E-state index contributed by atoms with van der Waals surface area (Å²) in [5, 5.41) is 14.9. The summed E-state index contributed by atoms with van der Waals surface area (Å²) in [5.41, 5.74) is 6.99. The van der Waals surface area contributed by atoms with Gasteiger partial charge in [0.05, 0.1) is 5.76 Å². The van der Waals surface area contributed by atoms with Crippen LogP contribution in [0.1, 0.15) is 131 Å². The Morgan fingerprint density at radius 3 is 2.04 bits per heavy atom. The zero-order valence-electron chi connectivity index (χ0n) is 32.7. The quantitative estimate of drug-likeness (QED) is 0.0960. The maximum atomic E-state index is 11.7. The van der Waals surface area contributed by atoms with E-state index in [1.54, 1.807) is 0 Å². The molecule has 1 aliphatic carbocycles. The summed E-state index contributed by atoms with van der Waals surface area (Å²) in [6.45, 7) is 24.6. The molecule has 275 valence electrons. The normalized spacial score (nSPS) is 15.5. The Kier molecular flexibility index (Phi) is 12.9. The van der Waals surface area contributed by atoms with Crippen LogP contribution in [0, 0.1) is 17.9 Å². The second-order valence-corrected chi connectivity index (χ2v) is 17.7. The average molecular weight is 881 g/mol. The smallest absolute Gasteiger partial charge is 0.162 e. The third-order valence-corrected chi connectivity index (χ3v) is 12.5. The maximum absolute atomic E-state index is 11.7. The van der Waals surface area contributed by atoms with E-state index >= 15 is 0 Å². The molecule has 1 N–H and O–H groups in total. The van der Waals surface area contributed by atoms with E-state index in [-0.39, 0.29) is 59.7 Å². The van der Waals surface area contributed by atoms with E-state index in [4.69, 9.17) is 4.98 Å². The number of ketones is 1. The molecule has 0 amide bonds. The Hall–Kier alpha value is -2.85. The summed E-state index contributed by atoms with van der Waals surface area (Å²) in [6, 6.07) is 21.9. The van der Waals surface area contributed by atoms with Crippen molar-refractivity contribution in [3.8, 4) is 11.3 Å². The van der Waals surface area contributed by atoms with Gasteiger partial charge in [0.1, 0.15) is 0 Å². The Morgan fingerprint density at radius 2 is 1.45 bits per heavy atom. The first-order valence-electron chi connectivity index (χ1n) is 18.8. The first kappa shape index (κ1) is 40.9. The van der Waals surface area contributed by atoms with Crippen LogP contribution in [0.4, 0.5) is 0 Å². The molecular formula is C46H58IrNO2S-. The van der Waals surface area contributed by atoms with Crippen molar-refractivity contribution in [2.24, 2.45) is 11.8 Å². The van der Waals surface area contributed by atoms with E-state index in [1.807, 2.05) is 45.2 Å². The molecule has 0 saturated heterocycles. The number of thiophene rings is 1. The molecule has 2 aromatic heterocycles. The SMILES string of the molecule is CC(C)(C)c1cc(-c2nccc3c2sc2cc4c(cc23)C(C)(C)CCC4(C)C)[c-]c2ccccc12.CCC(CC)C(=O)/C=C(\O)C(CC)CC.[Ir]. The van der Waals surface area contributed by atoms with E-state index in [1.165, 1.54) is 61.2 Å². The molecule has 6 rings (SSSR count). The summed E-state index contributed by atoms with van der Waals surface area (Å²) in [6.07, 6.45) is 9.36. The fourth-order valence-corrected chi connectivity index (χ4v) is 8.93. The molecule has 0 unspecified atom stereocenters. The summed E-state index contributed by atoms with van der Waals surface area (Å²) in [7, 11) is 0. The zero-order chi connectivity index (χ0) is 36.6. The molecule has 0 spiro atoms. The van der Waals surface area contributed by atoms with Crippen molar-refractivity contribution in [1.82, 2.24) is 4.98 Å². The number of aromatic nitrogens is 1. The molecule has 5 heteroatoms. The largest absolute Gasteiger partial charge is 0.512 e. The Morgan fingerprint density at radius 1 is 0.863 bits per heavy atom. The van der Waals surface area contributed by atoms with E-state index in [2.05, 4.69) is 103 Å². The van der Waals surface area contributed by atoms with Gasteiger partial charge in [-0.05, 0) is 89.5 Å². The van der Waals surface area contributed by atoms with Crippen molar-refractivity contribution < 1.29 is 30.0 Å². The van der Waals surface area contributed by atoms with Crippen molar-refractivity contribution in [2.75, 3.05) is 0 Å². The second kappa shape index (κ2) is 16.0. The van der Waals surface area contributed by atoms with Crippen molar-refractivity contribution in [1.29, 1.82) is 0 Å². The summed E-state index contributed by atoms with van der Waals surface area (Å²) in [5.74, 6) is 0.547. The van der Waals surface area contributed by atoms with E-state index in [0.29, 0.717) is 0 Å². The molecule has 3 aromatic carbocycles. The monoisotopic (exact) mass is 881 g/mol. The van der Waals surface area contributed by atoms with Crippen molar-refractivity contribution in [3.63, 3.8) is 0 Å². The van der Waals surface area contributed by atoms with Crippen LogP contribution in [-0.2, 0) is 41.1 Å². The van der Waals surface area contributed by atoms with Gasteiger partial charge in [-0.3, -0.25) is 9.78 Å². The van der Waals surface area contributed by atoms with Gasteiger partial charge in [0, 0.05) is 64.7 Å². The molecule has 2 heterocycles. The average Bonchev–Trinajstić information content (AvgIpc) is 3.45. The van der Waals surface area contributed by atoms with Crippen LogP contribution >= 0.6 is 11.3 Å². The number of aliphatic hydroxyl groups excluding tert-OH is 1. The van der Waals surface area contributed by atoms with E-state index < -0.39 is 0 Å². The van der Waals surface area contributed by atoms with Gasteiger partial charge in [-0.1, -0.05) is 105 Å². The number of pyridine rings is 1. The minimum atomic E-state index is 0. The summed E-state index contributed by atoms with van der Waals surface area (Å²) >= 11 is 1.89. The fourth-order valence-electron chi connectivity index (χ4n) is 7.71. The molecule has 5 aromatic rings. The van der Waals surface area contributed by atoms with Crippen molar-refractivity contribution >= 4 is 48.1 Å². The van der Waals surface area contributed by atoms with Crippen LogP contribution in [0.3, 0.4) is 0 Å². The molecule has 0 fully saturated rings. The second-order valence-electron chi connectivity index (χ2n) is 16.7. The van der Waals surface area contributed by atoms with Crippen LogP contribution in [-0.4, -0.2) is 15.9 Å². The van der Waals surface area contributed by atoms with Gasteiger partial charge in [-0.15, -0.1) is 40.5 Å². The number of rotatable bonds is 8. The number of nitrogens with zero attached hydrogens (tertiary/aromatic N) is 1. The molecule has 3 nitrogen and oxygen atoms in total. The molecule has 0 bridgehead atoms. The third kappa shape index (κ3) is 8.37. The molecule has 1 radical (unpaired) electrons. The molecule has 0 saturated carbocycles. The Balaban J connectivity index is 0.000000312. The van der Waals surface area contributed by atoms with Crippen LogP contribution in [0.15, 0.2) is 66.6 Å². The first-order valence-corrected chi connectivity index (χ1v) is 19.6. The fraction of sp³-hybridized carbons (Fsp3) is 0.478. The van der Waals surface area contributed by atoms with Crippen LogP contribution in [0.5, 0.6) is 0 Å². The predicted molar refractivity (Wildman–Crippen MR) is 217 cm³/mol. The van der Waals surface area contributed by atoms with Gasteiger partial charge >= 0.3 is 0 Å². The van der Waals surface area contributed by atoms with Gasteiger partial charge in [0.15, 0.2) is 5.78 Å². The van der Waals surface area contributed by atoms with Gasteiger partial charge < -0.3 is 5.11 Å². The van der Waals surface area contributed by atoms with Gasteiger partial charge in [0.2, 0.25) is 0 Å². The summed E-state index contributed by atoms with van der Waals surface area (Å²) < 4.78 is 2.64. The number of benzene rings is 3. The van der Waals surface area contributed by atoms with Gasteiger partial charge in [0.25, 0.3) is 0 Å². The number of fused-ring (bicyclic) bond motifs is 5. The predicted octanol–water partition coefficient (Wildman–Crippen LogP) is 13.6. The molecule has 0 atom stereocenters. The standard InChI is InChI=1S/C33H34NS.C13H24O2.Ir/c1-31(2,3)25-17-21(16-20-10-8-9-11-22(20)25)29-30-23(12-15-34-29)24-18-26-27(19-28(24)35-30)33(6,7)14-13-32(26,4)5;1-5-10(6-2)12(14)9-13(15)11(7-3)8-4;/h8-12,15,17-19H,13-14H2,1-7H3;9-11,14H,5-8H2,1-4H3;/q-1;;/b;12-9-;. The number of hydrogen-bond acceptors (Lipinski definition) is 4. The molecule has 1 aliphatic rings. The van der Waals surface area contributed by atoms with Crippen molar-refractivity contribution in [2.45, 2.75) is 131 Å². The number of hydrogen-bond donors (Lipinski definition) is 1. The minimum Gasteiger partial charge on any atom is -0.512 e. The van der Waals surface area contributed by atoms with Crippen LogP contribution in [0.25, 0.3) is 42.2 Å². The third-order valence-electron chi connectivity index (χ3n) is 11.3.